The maximum Gasteiger partial charge on any atom is 0.153 e. The molecule has 0 aromatic heterocycles. The summed E-state index contributed by atoms with van der Waals surface area (Å²) in [6.07, 6.45) is -0.523. The molecule has 0 saturated carbocycles. The topological polar surface area (TPSA) is 61.8 Å². The Morgan fingerprint density at radius 3 is 2.50 bits per heavy atom. The van der Waals surface area contributed by atoms with Crippen LogP contribution in [0.3, 0.4) is 0 Å². The van der Waals surface area contributed by atoms with E-state index in [4.69, 9.17) is 11.0 Å². The van der Waals surface area contributed by atoms with E-state index >= 15 is 0 Å². The van der Waals surface area contributed by atoms with Crippen LogP contribution in [0, 0.1) is 11.3 Å². The van der Waals surface area contributed by atoms with Crippen LogP contribution in [-0.4, -0.2) is 6.17 Å². The molecular formula is C2H4IN3. The van der Waals surface area contributed by atoms with Gasteiger partial charge in [-0.2, -0.15) is 5.26 Å². The summed E-state index contributed by atoms with van der Waals surface area (Å²) in [6, 6.07) is 1.77. The van der Waals surface area contributed by atoms with Gasteiger partial charge in [0, 0.05) is 22.9 Å². The second-order valence-corrected chi connectivity index (χ2v) is 1.34. The van der Waals surface area contributed by atoms with Crippen LogP contribution >= 0.6 is 22.9 Å². The highest BCUT2D eigenvalue weighted by Gasteiger charge is 1.87. The van der Waals surface area contributed by atoms with E-state index < -0.39 is 6.17 Å². The molecule has 0 aliphatic rings. The fourth-order valence-corrected chi connectivity index (χ4v) is 0.164. The van der Waals surface area contributed by atoms with E-state index in [1.54, 1.807) is 6.07 Å². The summed E-state index contributed by atoms with van der Waals surface area (Å²) in [5.74, 6) is 0. The van der Waals surface area contributed by atoms with Crippen LogP contribution in [0.1, 0.15) is 0 Å². The molecule has 3 N–H and O–H groups in total. The first kappa shape index (κ1) is 6.14. The van der Waals surface area contributed by atoms with Gasteiger partial charge in [-0.1, -0.05) is 0 Å². The van der Waals surface area contributed by atoms with Crippen LogP contribution in [0.25, 0.3) is 0 Å². The highest BCUT2D eigenvalue weighted by atomic mass is 127. The largest absolute Gasteiger partial charge is 0.303 e. The quantitative estimate of drug-likeness (QED) is 0.345. The van der Waals surface area contributed by atoms with Crippen molar-refractivity contribution >= 4 is 22.9 Å². The molecule has 0 bridgehead atoms. The summed E-state index contributed by atoms with van der Waals surface area (Å²) in [6.45, 7) is 0. The maximum absolute atomic E-state index is 7.89. The van der Waals surface area contributed by atoms with Crippen molar-refractivity contribution in [1.29, 1.82) is 5.26 Å². The van der Waals surface area contributed by atoms with Crippen LogP contribution in [0.5, 0.6) is 0 Å². The van der Waals surface area contributed by atoms with Gasteiger partial charge in [0.05, 0.1) is 6.07 Å². The molecule has 0 heterocycles. The minimum absolute atomic E-state index is 0.523. The van der Waals surface area contributed by atoms with Crippen molar-refractivity contribution in [2.24, 2.45) is 5.73 Å². The molecule has 0 radical (unpaired) electrons. The predicted molar refractivity (Wildman–Crippen MR) is 30.7 cm³/mol. The smallest absolute Gasteiger partial charge is 0.153 e. The second kappa shape index (κ2) is 3.33. The van der Waals surface area contributed by atoms with Gasteiger partial charge in [0.25, 0.3) is 0 Å². The fourth-order valence-electron chi connectivity index (χ4n) is 0.0244. The Balaban J connectivity index is 3.04. The number of nitrogens with one attached hydrogen (secondary N) is 1. The molecule has 0 spiro atoms. The molecule has 1 atom stereocenters. The molecule has 4 heteroatoms. The summed E-state index contributed by atoms with van der Waals surface area (Å²) < 4.78 is 2.50. The average molecular weight is 197 g/mol. The number of hydrogen-bond acceptors (Lipinski definition) is 3. The van der Waals surface area contributed by atoms with Gasteiger partial charge < -0.3 is 5.73 Å². The van der Waals surface area contributed by atoms with Gasteiger partial charge in [0.15, 0.2) is 6.17 Å². The number of nitriles is 1. The van der Waals surface area contributed by atoms with Crippen LogP contribution in [0.4, 0.5) is 0 Å². The van der Waals surface area contributed by atoms with E-state index in [-0.39, 0.29) is 0 Å². The van der Waals surface area contributed by atoms with Crippen LogP contribution in [0.2, 0.25) is 0 Å². The molecule has 0 saturated heterocycles. The molecule has 0 aliphatic carbocycles. The first-order valence-corrected chi connectivity index (χ1v) is 2.40. The molecule has 0 amide bonds. The Labute approximate surface area is 50.0 Å². The van der Waals surface area contributed by atoms with Crippen molar-refractivity contribution in [2.75, 3.05) is 0 Å². The summed E-state index contributed by atoms with van der Waals surface area (Å²) in [4.78, 5) is 0. The molecule has 6 heavy (non-hydrogen) atoms. The minimum atomic E-state index is -0.523. The van der Waals surface area contributed by atoms with Crippen LogP contribution < -0.4 is 9.26 Å². The Morgan fingerprint density at radius 1 is 2.00 bits per heavy atom. The number of nitrogens with zero attached hydrogens (tertiary/aromatic N) is 1. The zero-order chi connectivity index (χ0) is 4.99. The third-order valence-electron chi connectivity index (χ3n) is 0.257. The van der Waals surface area contributed by atoms with E-state index in [9.17, 15) is 0 Å². The molecule has 0 aliphatic heterocycles. The lowest BCUT2D eigenvalue weighted by Gasteiger charge is -1.90. The first-order valence-electron chi connectivity index (χ1n) is 1.32. The first-order chi connectivity index (χ1) is 2.81. The Morgan fingerprint density at radius 2 is 2.50 bits per heavy atom. The third-order valence-corrected chi connectivity index (χ3v) is 0.928. The van der Waals surface area contributed by atoms with Crippen molar-refractivity contribution in [3.05, 3.63) is 0 Å². The summed E-state index contributed by atoms with van der Waals surface area (Å²) in [5.41, 5.74) is 4.99. The highest BCUT2D eigenvalue weighted by Crippen LogP contribution is 1.70. The number of hydrogen-bond donors (Lipinski definition) is 2. The zero-order valence-electron chi connectivity index (χ0n) is 2.98. The molecule has 1 unspecified atom stereocenters. The number of nitrogens with two attached hydrogens (primary N) is 1. The normalized spacial score (nSPS) is 12.8. The SMILES string of the molecule is N#CC(N)NI. The average Bonchev–Trinajstić information content (AvgIpc) is 1.65. The zero-order valence-corrected chi connectivity index (χ0v) is 5.14. The van der Waals surface area contributed by atoms with Gasteiger partial charge in [-0.15, -0.1) is 0 Å². The molecule has 0 fully saturated rings. The summed E-state index contributed by atoms with van der Waals surface area (Å²) >= 11 is 1.82. The molecule has 0 aromatic rings. The molecular weight excluding hydrogens is 193 g/mol. The van der Waals surface area contributed by atoms with Crippen LogP contribution in [-0.2, 0) is 0 Å². The summed E-state index contributed by atoms with van der Waals surface area (Å²) in [5, 5.41) is 7.89. The van der Waals surface area contributed by atoms with Crippen molar-refractivity contribution in [2.45, 2.75) is 6.17 Å². The van der Waals surface area contributed by atoms with Crippen molar-refractivity contribution in [1.82, 2.24) is 3.53 Å². The maximum atomic E-state index is 7.89. The van der Waals surface area contributed by atoms with Crippen molar-refractivity contribution in [3.63, 3.8) is 0 Å². The second-order valence-electron chi connectivity index (χ2n) is 0.716. The van der Waals surface area contributed by atoms with Gasteiger partial charge in [-0.05, 0) is 0 Å². The Hall–Kier alpha value is 0.140. The lowest BCUT2D eigenvalue weighted by molar-refractivity contribution is 0.849. The van der Waals surface area contributed by atoms with Gasteiger partial charge in [-0.3, -0.25) is 0 Å². The predicted octanol–water partition coefficient (Wildman–Crippen LogP) is -0.266. The highest BCUT2D eigenvalue weighted by molar-refractivity contribution is 14.1. The van der Waals surface area contributed by atoms with E-state index in [2.05, 4.69) is 3.53 Å². The standard InChI is InChI=1S/C2H4IN3/c3-6-2(5)1-4/h2,6H,5H2. The van der Waals surface area contributed by atoms with Gasteiger partial charge in [0.1, 0.15) is 0 Å². The third kappa shape index (κ3) is 2.38. The number of rotatable bonds is 1. The fraction of sp³-hybridized carbons (Fsp3) is 0.500. The van der Waals surface area contributed by atoms with Gasteiger partial charge in [-0.25, -0.2) is 3.53 Å². The Kier molecular flexibility index (Phi) is 3.41. The lowest BCUT2D eigenvalue weighted by atomic mass is 10.6. The molecule has 0 rings (SSSR count). The van der Waals surface area contributed by atoms with E-state index in [0.29, 0.717) is 0 Å². The Bertz CT molecular complexity index is 65.7. The van der Waals surface area contributed by atoms with E-state index in [0.717, 1.165) is 0 Å². The molecule has 3 nitrogen and oxygen atoms in total. The van der Waals surface area contributed by atoms with Gasteiger partial charge in [0.2, 0.25) is 0 Å². The van der Waals surface area contributed by atoms with Gasteiger partial charge >= 0.3 is 0 Å². The molecule has 0 aromatic carbocycles. The molecule has 34 valence electrons. The minimum Gasteiger partial charge on any atom is -0.303 e. The van der Waals surface area contributed by atoms with Crippen molar-refractivity contribution in [3.8, 4) is 6.07 Å². The van der Waals surface area contributed by atoms with Crippen molar-refractivity contribution < 1.29 is 0 Å². The number of halogens is 1. The van der Waals surface area contributed by atoms with E-state index in [1.165, 1.54) is 0 Å². The lowest BCUT2D eigenvalue weighted by Crippen LogP contribution is -2.27. The summed E-state index contributed by atoms with van der Waals surface area (Å²) in [7, 11) is 0. The monoisotopic (exact) mass is 197 g/mol. The van der Waals surface area contributed by atoms with E-state index in [1.807, 2.05) is 22.9 Å². The van der Waals surface area contributed by atoms with Crippen LogP contribution in [0.15, 0.2) is 0 Å².